The predicted molar refractivity (Wildman–Crippen MR) is 50.1 cm³/mol. The molecule has 0 aromatic heterocycles. The lowest BCUT2D eigenvalue weighted by Crippen LogP contribution is -2.40. The topological polar surface area (TPSA) is 3.24 Å². The van der Waals surface area contributed by atoms with Gasteiger partial charge >= 0.3 is 0 Å². The molecule has 0 unspecified atom stereocenters. The zero-order valence-electron chi connectivity index (χ0n) is 8.90. The molecule has 1 aliphatic rings. The third-order valence-electron chi connectivity index (χ3n) is 2.85. The Balaban J connectivity index is 2.55. The van der Waals surface area contributed by atoms with Gasteiger partial charge in [0.15, 0.2) is 0 Å². The van der Waals surface area contributed by atoms with E-state index in [2.05, 4.69) is 25.7 Å². The van der Waals surface area contributed by atoms with Crippen molar-refractivity contribution < 1.29 is 8.78 Å². The molecule has 1 atom stereocenters. The lowest BCUT2D eigenvalue weighted by atomic mass is 10.0. The molecule has 78 valence electrons. The van der Waals surface area contributed by atoms with E-state index in [4.69, 9.17) is 0 Å². The second-order valence-corrected chi connectivity index (χ2v) is 5.06. The molecule has 1 heterocycles. The zero-order chi connectivity index (χ0) is 10.3. The van der Waals surface area contributed by atoms with Crippen molar-refractivity contribution in [1.82, 2.24) is 4.90 Å². The number of rotatable bonds is 1. The summed E-state index contributed by atoms with van der Waals surface area (Å²) in [5.74, 6) is -2.97. The van der Waals surface area contributed by atoms with Gasteiger partial charge in [0.1, 0.15) is 0 Å². The Morgan fingerprint density at radius 2 is 1.69 bits per heavy atom. The predicted octanol–water partition coefficient (Wildman–Crippen LogP) is 2.76. The minimum absolute atomic E-state index is 0.0278. The van der Waals surface area contributed by atoms with Gasteiger partial charge in [0, 0.05) is 18.0 Å². The van der Waals surface area contributed by atoms with Gasteiger partial charge in [-0.1, -0.05) is 0 Å². The molecule has 3 heteroatoms. The Kier molecular flexibility index (Phi) is 2.68. The van der Waals surface area contributed by atoms with Gasteiger partial charge in [-0.15, -0.1) is 0 Å². The van der Waals surface area contributed by atoms with Crippen molar-refractivity contribution in [2.24, 2.45) is 5.92 Å². The van der Waals surface area contributed by atoms with Gasteiger partial charge in [-0.2, -0.15) is 0 Å². The molecule has 0 bridgehead atoms. The molecule has 0 aromatic carbocycles. The zero-order valence-corrected chi connectivity index (χ0v) is 8.90. The van der Waals surface area contributed by atoms with Crippen LogP contribution in [0.5, 0.6) is 0 Å². The summed E-state index contributed by atoms with van der Waals surface area (Å²) in [6.45, 7) is 8.59. The molecule has 0 N–H and O–H groups in total. The van der Waals surface area contributed by atoms with E-state index >= 15 is 0 Å². The first kappa shape index (κ1) is 10.9. The summed E-state index contributed by atoms with van der Waals surface area (Å²) in [5.41, 5.74) is 0.0278. The molecular formula is C10H19F2N. The van der Waals surface area contributed by atoms with Crippen LogP contribution >= 0.6 is 0 Å². The fourth-order valence-corrected chi connectivity index (χ4v) is 1.78. The van der Waals surface area contributed by atoms with E-state index in [0.717, 1.165) is 13.5 Å². The number of halogens is 2. The van der Waals surface area contributed by atoms with E-state index in [1.54, 1.807) is 0 Å². The molecule has 0 amide bonds. The van der Waals surface area contributed by atoms with Crippen molar-refractivity contribution in [2.45, 2.75) is 45.6 Å². The van der Waals surface area contributed by atoms with Crippen molar-refractivity contribution >= 4 is 0 Å². The van der Waals surface area contributed by atoms with Crippen LogP contribution in [0.2, 0.25) is 0 Å². The third kappa shape index (κ3) is 2.63. The maximum absolute atomic E-state index is 13.0. The number of hydrogen-bond donors (Lipinski definition) is 0. The molecular weight excluding hydrogens is 172 g/mol. The monoisotopic (exact) mass is 191 g/mol. The highest BCUT2D eigenvalue weighted by atomic mass is 19.3. The molecule has 1 fully saturated rings. The molecule has 1 rings (SSSR count). The summed E-state index contributed by atoms with van der Waals surface area (Å²) in [5, 5.41) is 0. The van der Waals surface area contributed by atoms with Crippen molar-refractivity contribution in [3.63, 3.8) is 0 Å². The second kappa shape index (κ2) is 3.19. The molecule has 0 spiro atoms. The minimum Gasteiger partial charge on any atom is -0.298 e. The highest BCUT2D eigenvalue weighted by Crippen LogP contribution is 2.34. The normalized spacial score (nSPS) is 26.8. The van der Waals surface area contributed by atoms with Crippen LogP contribution in [-0.4, -0.2) is 29.5 Å². The Morgan fingerprint density at radius 3 is 1.92 bits per heavy atom. The molecule has 0 saturated carbocycles. The highest BCUT2D eigenvalue weighted by Gasteiger charge is 2.41. The quantitative estimate of drug-likeness (QED) is 0.616. The fraction of sp³-hybridized carbons (Fsp3) is 1.00. The van der Waals surface area contributed by atoms with Crippen molar-refractivity contribution in [2.75, 3.05) is 13.1 Å². The van der Waals surface area contributed by atoms with Gasteiger partial charge < -0.3 is 0 Å². The minimum atomic E-state index is -2.51. The van der Waals surface area contributed by atoms with Crippen LogP contribution in [0.25, 0.3) is 0 Å². The molecule has 1 saturated heterocycles. The maximum atomic E-state index is 13.0. The Morgan fingerprint density at radius 1 is 1.15 bits per heavy atom. The molecule has 0 radical (unpaired) electrons. The Labute approximate surface area is 79.1 Å². The molecule has 1 aliphatic heterocycles. The van der Waals surface area contributed by atoms with Gasteiger partial charge in [-0.25, -0.2) is 8.78 Å². The first-order valence-electron chi connectivity index (χ1n) is 4.84. The summed E-state index contributed by atoms with van der Waals surface area (Å²) in [6.07, 6.45) is 0.626. The standard InChI is InChI=1S/C10H19F2N/c1-9(2,3)13-6-5-8(7-13)10(4,11)12/h8H,5-7H2,1-4H3/t8-/m1/s1. The summed E-state index contributed by atoms with van der Waals surface area (Å²) < 4.78 is 25.9. The number of hydrogen-bond acceptors (Lipinski definition) is 1. The van der Waals surface area contributed by atoms with Gasteiger partial charge in [0.25, 0.3) is 0 Å². The van der Waals surface area contributed by atoms with Crippen LogP contribution in [0.4, 0.5) is 8.78 Å². The molecule has 0 aromatic rings. The smallest absolute Gasteiger partial charge is 0.249 e. The van der Waals surface area contributed by atoms with Crippen LogP contribution in [0, 0.1) is 5.92 Å². The van der Waals surface area contributed by atoms with E-state index < -0.39 is 11.8 Å². The van der Waals surface area contributed by atoms with Gasteiger partial charge in [0.05, 0.1) is 0 Å². The number of likely N-dealkylation sites (tertiary alicyclic amines) is 1. The largest absolute Gasteiger partial charge is 0.298 e. The summed E-state index contributed by atoms with van der Waals surface area (Å²) >= 11 is 0. The number of nitrogens with zero attached hydrogens (tertiary/aromatic N) is 1. The van der Waals surface area contributed by atoms with E-state index in [-0.39, 0.29) is 5.54 Å². The van der Waals surface area contributed by atoms with E-state index in [0.29, 0.717) is 13.0 Å². The molecule has 0 aliphatic carbocycles. The van der Waals surface area contributed by atoms with E-state index in [9.17, 15) is 8.78 Å². The van der Waals surface area contributed by atoms with Gasteiger partial charge in [-0.05, 0) is 40.7 Å². The van der Waals surface area contributed by atoms with Crippen LogP contribution in [0.3, 0.4) is 0 Å². The van der Waals surface area contributed by atoms with Crippen molar-refractivity contribution in [1.29, 1.82) is 0 Å². The van der Waals surface area contributed by atoms with Crippen LogP contribution < -0.4 is 0 Å². The average molecular weight is 191 g/mol. The third-order valence-corrected chi connectivity index (χ3v) is 2.85. The average Bonchev–Trinajstić information content (AvgIpc) is 2.28. The summed E-state index contributed by atoms with van der Waals surface area (Å²) in [6, 6.07) is 0. The second-order valence-electron chi connectivity index (χ2n) is 5.06. The molecule has 13 heavy (non-hydrogen) atoms. The van der Waals surface area contributed by atoms with Crippen molar-refractivity contribution in [3.8, 4) is 0 Å². The Bertz CT molecular complexity index is 158. The lowest BCUT2D eigenvalue weighted by Gasteiger charge is -2.32. The SMILES string of the molecule is CC(F)(F)[C@@H]1CCN(C(C)(C)C)C1. The fourth-order valence-electron chi connectivity index (χ4n) is 1.78. The first-order valence-corrected chi connectivity index (χ1v) is 4.84. The van der Waals surface area contributed by atoms with Crippen molar-refractivity contribution in [3.05, 3.63) is 0 Å². The van der Waals surface area contributed by atoms with Crippen LogP contribution in [0.1, 0.15) is 34.1 Å². The Hall–Kier alpha value is -0.180. The first-order chi connectivity index (χ1) is 5.71. The summed E-state index contributed by atoms with van der Waals surface area (Å²) in [7, 11) is 0. The molecule has 1 nitrogen and oxygen atoms in total. The summed E-state index contributed by atoms with van der Waals surface area (Å²) in [4.78, 5) is 2.13. The maximum Gasteiger partial charge on any atom is 0.249 e. The van der Waals surface area contributed by atoms with Crippen LogP contribution in [0.15, 0.2) is 0 Å². The lowest BCUT2D eigenvalue weighted by molar-refractivity contribution is -0.0378. The van der Waals surface area contributed by atoms with E-state index in [1.165, 1.54) is 0 Å². The highest BCUT2D eigenvalue weighted by molar-refractivity contribution is 4.88. The van der Waals surface area contributed by atoms with Crippen LogP contribution in [-0.2, 0) is 0 Å². The van der Waals surface area contributed by atoms with Gasteiger partial charge in [0.2, 0.25) is 5.92 Å². The van der Waals surface area contributed by atoms with E-state index in [1.807, 2.05) is 0 Å². The number of alkyl halides is 2. The van der Waals surface area contributed by atoms with Gasteiger partial charge in [-0.3, -0.25) is 4.90 Å².